The fourth-order valence-corrected chi connectivity index (χ4v) is 3.08. The second kappa shape index (κ2) is 3.89. The van der Waals surface area contributed by atoms with Crippen molar-refractivity contribution < 1.29 is 10.2 Å². The van der Waals surface area contributed by atoms with E-state index in [1.54, 1.807) is 12.4 Å². The highest BCUT2D eigenvalue weighted by atomic mass is 127. The molecule has 1 saturated carbocycles. The number of aromatic nitrogens is 3. The Bertz CT molecular complexity index is 563. The van der Waals surface area contributed by atoms with E-state index < -0.39 is 5.60 Å². The average Bonchev–Trinajstić information content (AvgIpc) is 2.63. The fourth-order valence-electron chi connectivity index (χ4n) is 2.40. The molecule has 90 valence electrons. The fraction of sp³-hybridized carbons (Fsp3) is 0.455. The predicted molar refractivity (Wildman–Crippen MR) is 69.7 cm³/mol. The summed E-state index contributed by atoms with van der Waals surface area (Å²) >= 11 is 2.18. The van der Waals surface area contributed by atoms with Crippen molar-refractivity contribution in [1.82, 2.24) is 14.4 Å². The molecule has 1 fully saturated rings. The zero-order valence-corrected chi connectivity index (χ0v) is 11.2. The van der Waals surface area contributed by atoms with Gasteiger partial charge in [0.2, 0.25) is 0 Å². The molecule has 0 bridgehead atoms. The third kappa shape index (κ3) is 1.74. The minimum atomic E-state index is -0.908. The molecule has 2 heterocycles. The van der Waals surface area contributed by atoms with Gasteiger partial charge in [0, 0.05) is 40.9 Å². The number of nitrogens with zero attached hydrogens (tertiary/aromatic N) is 3. The van der Waals surface area contributed by atoms with Crippen LogP contribution < -0.4 is 0 Å². The Morgan fingerprint density at radius 3 is 3.00 bits per heavy atom. The molecular weight excluding hydrogens is 333 g/mol. The molecule has 0 saturated heterocycles. The van der Waals surface area contributed by atoms with Crippen molar-refractivity contribution in [2.75, 3.05) is 6.61 Å². The number of aliphatic hydroxyl groups excluding tert-OH is 1. The molecular formula is C11H12IN3O2. The van der Waals surface area contributed by atoms with Gasteiger partial charge in [-0.05, 0) is 12.8 Å². The molecule has 2 aromatic rings. The van der Waals surface area contributed by atoms with E-state index in [-0.39, 0.29) is 12.5 Å². The van der Waals surface area contributed by atoms with Crippen molar-refractivity contribution in [3.8, 4) is 0 Å². The van der Waals surface area contributed by atoms with E-state index in [0.717, 1.165) is 15.0 Å². The van der Waals surface area contributed by atoms with E-state index in [9.17, 15) is 5.11 Å². The molecule has 0 aliphatic heterocycles. The Kier molecular flexibility index (Phi) is 2.60. The Morgan fingerprint density at radius 2 is 2.29 bits per heavy atom. The van der Waals surface area contributed by atoms with Crippen molar-refractivity contribution in [1.29, 1.82) is 0 Å². The van der Waals surface area contributed by atoms with Gasteiger partial charge in [-0.3, -0.25) is 9.38 Å². The molecule has 0 amide bonds. The highest BCUT2D eigenvalue weighted by molar-refractivity contribution is 14.1. The zero-order chi connectivity index (χ0) is 12.0. The summed E-state index contributed by atoms with van der Waals surface area (Å²) in [6.07, 6.45) is 6.54. The Morgan fingerprint density at radius 1 is 1.53 bits per heavy atom. The van der Waals surface area contributed by atoms with Crippen LogP contribution in [0.15, 0.2) is 18.6 Å². The number of fused-ring (bicyclic) bond motifs is 1. The third-order valence-corrected chi connectivity index (χ3v) is 4.13. The van der Waals surface area contributed by atoms with Gasteiger partial charge in [-0.25, -0.2) is 4.98 Å². The molecule has 2 N–H and O–H groups in total. The topological polar surface area (TPSA) is 70.7 Å². The van der Waals surface area contributed by atoms with E-state index in [1.807, 2.05) is 10.6 Å². The second-order valence-corrected chi connectivity index (χ2v) is 5.55. The van der Waals surface area contributed by atoms with E-state index in [4.69, 9.17) is 5.11 Å². The highest BCUT2D eigenvalue weighted by Gasteiger charge is 2.44. The Hall–Kier alpha value is -0.730. The summed E-state index contributed by atoms with van der Waals surface area (Å²) in [4.78, 5) is 8.64. The van der Waals surface area contributed by atoms with Crippen LogP contribution in [-0.4, -0.2) is 36.8 Å². The summed E-state index contributed by atoms with van der Waals surface area (Å²) in [6, 6.07) is 0. The van der Waals surface area contributed by atoms with Gasteiger partial charge in [-0.1, -0.05) is 0 Å². The molecule has 1 aliphatic rings. The van der Waals surface area contributed by atoms with Crippen LogP contribution in [0.1, 0.15) is 24.5 Å². The largest absolute Gasteiger partial charge is 0.393 e. The smallest absolute Gasteiger partial charge is 0.176 e. The molecule has 0 spiro atoms. The van der Waals surface area contributed by atoms with Crippen LogP contribution in [0.5, 0.6) is 0 Å². The van der Waals surface area contributed by atoms with Crippen LogP contribution in [-0.2, 0) is 0 Å². The number of rotatable bonds is 2. The normalized spacial score (nSPS) is 28.3. The standard InChI is InChI=1S/C11H12IN3O2/c12-10-14-9(7-3-11(17,4-7)6-16)8-5-13-1-2-15(8)10/h1-2,5,7,16-17H,3-4,6H2. The Labute approximate surface area is 112 Å². The Balaban J connectivity index is 1.98. The van der Waals surface area contributed by atoms with Crippen molar-refractivity contribution in [3.63, 3.8) is 0 Å². The van der Waals surface area contributed by atoms with Crippen LogP contribution in [0.2, 0.25) is 0 Å². The highest BCUT2D eigenvalue weighted by Crippen LogP contribution is 2.45. The molecule has 3 rings (SSSR count). The van der Waals surface area contributed by atoms with Gasteiger partial charge in [0.05, 0.1) is 29.6 Å². The molecule has 0 unspecified atom stereocenters. The summed E-state index contributed by atoms with van der Waals surface area (Å²) in [5, 5.41) is 18.9. The van der Waals surface area contributed by atoms with Gasteiger partial charge < -0.3 is 10.2 Å². The van der Waals surface area contributed by atoms with Gasteiger partial charge in [0.1, 0.15) is 0 Å². The van der Waals surface area contributed by atoms with E-state index in [1.165, 1.54) is 0 Å². The lowest BCUT2D eigenvalue weighted by molar-refractivity contribution is -0.0870. The first-order valence-corrected chi connectivity index (χ1v) is 6.51. The summed E-state index contributed by atoms with van der Waals surface area (Å²) in [5.41, 5.74) is 1.05. The van der Waals surface area contributed by atoms with Crippen molar-refractivity contribution in [2.24, 2.45) is 0 Å². The monoisotopic (exact) mass is 345 g/mol. The summed E-state index contributed by atoms with van der Waals surface area (Å²) in [7, 11) is 0. The van der Waals surface area contributed by atoms with E-state index in [0.29, 0.717) is 12.8 Å². The second-order valence-electron chi connectivity index (χ2n) is 4.59. The maximum Gasteiger partial charge on any atom is 0.176 e. The lowest BCUT2D eigenvalue weighted by atomic mass is 9.70. The molecule has 6 heteroatoms. The maximum absolute atomic E-state index is 9.83. The van der Waals surface area contributed by atoms with Gasteiger partial charge in [-0.2, -0.15) is 0 Å². The van der Waals surface area contributed by atoms with Gasteiger partial charge in [0.15, 0.2) is 3.83 Å². The molecule has 5 nitrogen and oxygen atoms in total. The predicted octanol–water partition coefficient (Wildman–Crippen LogP) is 0.935. The molecule has 0 radical (unpaired) electrons. The lowest BCUT2D eigenvalue weighted by Gasteiger charge is -2.41. The van der Waals surface area contributed by atoms with Crippen LogP contribution in [0.4, 0.5) is 0 Å². The van der Waals surface area contributed by atoms with Crippen molar-refractivity contribution in [3.05, 3.63) is 28.1 Å². The summed E-state index contributed by atoms with van der Waals surface area (Å²) < 4.78 is 2.88. The third-order valence-electron chi connectivity index (χ3n) is 3.37. The zero-order valence-electron chi connectivity index (χ0n) is 9.04. The molecule has 0 aromatic carbocycles. The minimum absolute atomic E-state index is 0.176. The molecule has 0 atom stereocenters. The van der Waals surface area contributed by atoms with Crippen molar-refractivity contribution >= 4 is 28.1 Å². The van der Waals surface area contributed by atoms with Crippen molar-refractivity contribution in [2.45, 2.75) is 24.4 Å². The number of aliphatic hydroxyl groups is 2. The quantitative estimate of drug-likeness (QED) is 0.795. The van der Waals surface area contributed by atoms with Gasteiger partial charge in [0.25, 0.3) is 0 Å². The maximum atomic E-state index is 9.83. The minimum Gasteiger partial charge on any atom is -0.393 e. The molecule has 1 aliphatic carbocycles. The van der Waals surface area contributed by atoms with Crippen LogP contribution >= 0.6 is 22.6 Å². The SMILES string of the molecule is OCC1(O)CC(c2nc(I)n3ccncc23)C1. The molecule has 2 aromatic heterocycles. The first kappa shape index (κ1) is 11.4. The number of hydrogen-bond acceptors (Lipinski definition) is 4. The van der Waals surface area contributed by atoms with Gasteiger partial charge in [-0.15, -0.1) is 0 Å². The van der Waals surface area contributed by atoms with Crippen LogP contribution in [0.3, 0.4) is 0 Å². The van der Waals surface area contributed by atoms with Crippen LogP contribution in [0, 0.1) is 3.83 Å². The van der Waals surface area contributed by atoms with Gasteiger partial charge >= 0.3 is 0 Å². The summed E-state index contributed by atoms with van der Waals surface area (Å²) in [5.74, 6) is 0.217. The lowest BCUT2D eigenvalue weighted by Crippen LogP contribution is -2.45. The van der Waals surface area contributed by atoms with E-state index in [2.05, 4.69) is 32.6 Å². The number of imidazole rings is 1. The number of halogens is 1. The average molecular weight is 345 g/mol. The van der Waals surface area contributed by atoms with E-state index >= 15 is 0 Å². The van der Waals surface area contributed by atoms with Crippen LogP contribution in [0.25, 0.3) is 5.52 Å². The summed E-state index contributed by atoms with van der Waals surface area (Å²) in [6.45, 7) is -0.176. The molecule has 17 heavy (non-hydrogen) atoms. The first-order chi connectivity index (χ1) is 8.13. The number of hydrogen-bond donors (Lipinski definition) is 2. The first-order valence-electron chi connectivity index (χ1n) is 5.44.